The summed E-state index contributed by atoms with van der Waals surface area (Å²) in [4.78, 5) is 23.6. The number of hydrogen-bond donors (Lipinski definition) is 0. The van der Waals surface area contributed by atoms with Crippen LogP contribution in [0.1, 0.15) is 29.3 Å². The first kappa shape index (κ1) is 21.0. The van der Waals surface area contributed by atoms with Crippen molar-refractivity contribution in [3.05, 3.63) is 71.8 Å². The smallest absolute Gasteiger partial charge is 0.338 e. The predicted molar refractivity (Wildman–Crippen MR) is 106 cm³/mol. The Labute approximate surface area is 170 Å². The van der Waals surface area contributed by atoms with Crippen LogP contribution in [0.4, 0.5) is 0 Å². The van der Waals surface area contributed by atoms with E-state index in [2.05, 4.69) is 0 Å². The van der Waals surface area contributed by atoms with E-state index in [4.69, 9.17) is 18.9 Å². The zero-order valence-electron chi connectivity index (χ0n) is 16.5. The Hall–Kier alpha value is -2.70. The van der Waals surface area contributed by atoms with Gasteiger partial charge in [0.05, 0.1) is 24.9 Å². The first-order valence-corrected chi connectivity index (χ1v) is 9.76. The van der Waals surface area contributed by atoms with Crippen molar-refractivity contribution in [1.29, 1.82) is 0 Å². The maximum absolute atomic E-state index is 12.2. The number of carbonyl (C=O) groups excluding carboxylic acids is 2. The quantitative estimate of drug-likeness (QED) is 0.476. The standard InChI is InChI=1S/C23H26O6/c1-17(24)29-22-16-27-21(15-28-23(25)19-10-6-3-7-11-19)20(22)12-13-26-14-18-8-4-2-5-9-18/h2-11,20-22H,12-16H2,1H3/t20?,21?,22-/m1/s1. The minimum atomic E-state index is -0.399. The van der Waals surface area contributed by atoms with Crippen LogP contribution in [-0.4, -0.2) is 44.0 Å². The second-order valence-electron chi connectivity index (χ2n) is 6.97. The molecule has 2 unspecified atom stereocenters. The van der Waals surface area contributed by atoms with Gasteiger partial charge in [-0.2, -0.15) is 0 Å². The molecule has 3 rings (SSSR count). The van der Waals surface area contributed by atoms with Gasteiger partial charge in [0, 0.05) is 19.4 Å². The molecule has 0 bridgehead atoms. The molecule has 0 aliphatic carbocycles. The minimum Gasteiger partial charge on any atom is -0.460 e. The van der Waals surface area contributed by atoms with Crippen LogP contribution in [0, 0.1) is 5.92 Å². The summed E-state index contributed by atoms with van der Waals surface area (Å²) in [6.45, 7) is 2.78. The van der Waals surface area contributed by atoms with Gasteiger partial charge in [0.2, 0.25) is 0 Å². The number of rotatable bonds is 9. The Kier molecular flexibility index (Phi) is 7.78. The van der Waals surface area contributed by atoms with Crippen molar-refractivity contribution < 1.29 is 28.5 Å². The third kappa shape index (κ3) is 6.41. The summed E-state index contributed by atoms with van der Waals surface area (Å²) in [5.74, 6) is -0.849. The predicted octanol–water partition coefficient (Wildman–Crippen LogP) is 3.40. The molecule has 6 heteroatoms. The fourth-order valence-electron chi connectivity index (χ4n) is 3.38. The third-order valence-corrected chi connectivity index (χ3v) is 4.84. The molecule has 1 aliphatic rings. The Morgan fingerprint density at radius 1 is 1.03 bits per heavy atom. The highest BCUT2D eigenvalue weighted by Crippen LogP contribution is 2.28. The van der Waals surface area contributed by atoms with Crippen LogP contribution in [-0.2, 0) is 30.3 Å². The van der Waals surface area contributed by atoms with Crippen LogP contribution >= 0.6 is 0 Å². The highest BCUT2D eigenvalue weighted by molar-refractivity contribution is 5.89. The van der Waals surface area contributed by atoms with E-state index >= 15 is 0 Å². The van der Waals surface area contributed by atoms with E-state index in [0.29, 0.717) is 25.2 Å². The molecule has 2 aromatic carbocycles. The van der Waals surface area contributed by atoms with Gasteiger partial charge in [-0.05, 0) is 24.1 Å². The molecule has 0 radical (unpaired) electrons. The van der Waals surface area contributed by atoms with Gasteiger partial charge in [-0.25, -0.2) is 4.79 Å². The van der Waals surface area contributed by atoms with Crippen molar-refractivity contribution >= 4 is 11.9 Å². The van der Waals surface area contributed by atoms with Crippen molar-refractivity contribution in [1.82, 2.24) is 0 Å². The Bertz CT molecular complexity index is 776. The van der Waals surface area contributed by atoms with E-state index in [9.17, 15) is 9.59 Å². The summed E-state index contributed by atoms with van der Waals surface area (Å²) in [6, 6.07) is 18.7. The van der Waals surface area contributed by atoms with Crippen molar-refractivity contribution in [3.63, 3.8) is 0 Å². The van der Waals surface area contributed by atoms with Gasteiger partial charge in [0.15, 0.2) is 0 Å². The molecule has 3 atom stereocenters. The largest absolute Gasteiger partial charge is 0.460 e. The van der Waals surface area contributed by atoms with Crippen molar-refractivity contribution in [2.24, 2.45) is 5.92 Å². The van der Waals surface area contributed by atoms with E-state index in [1.165, 1.54) is 6.92 Å². The van der Waals surface area contributed by atoms with Crippen molar-refractivity contribution in [3.8, 4) is 0 Å². The fraction of sp³-hybridized carbons (Fsp3) is 0.391. The lowest BCUT2D eigenvalue weighted by atomic mass is 9.96. The van der Waals surface area contributed by atoms with E-state index in [1.54, 1.807) is 24.3 Å². The number of carbonyl (C=O) groups is 2. The van der Waals surface area contributed by atoms with Gasteiger partial charge in [-0.1, -0.05) is 48.5 Å². The average molecular weight is 398 g/mol. The summed E-state index contributed by atoms with van der Waals surface area (Å²) >= 11 is 0. The third-order valence-electron chi connectivity index (χ3n) is 4.84. The van der Waals surface area contributed by atoms with Gasteiger partial charge >= 0.3 is 11.9 Å². The molecule has 2 aromatic rings. The Morgan fingerprint density at radius 3 is 2.41 bits per heavy atom. The van der Waals surface area contributed by atoms with Crippen LogP contribution in [0.3, 0.4) is 0 Å². The molecule has 0 aromatic heterocycles. The first-order chi connectivity index (χ1) is 14.1. The molecule has 1 saturated heterocycles. The topological polar surface area (TPSA) is 71.1 Å². The molecule has 0 N–H and O–H groups in total. The maximum Gasteiger partial charge on any atom is 0.338 e. The summed E-state index contributed by atoms with van der Waals surface area (Å²) in [5.41, 5.74) is 1.59. The second kappa shape index (κ2) is 10.7. The zero-order valence-corrected chi connectivity index (χ0v) is 16.5. The van der Waals surface area contributed by atoms with Gasteiger partial charge in [-0.3, -0.25) is 4.79 Å². The average Bonchev–Trinajstić information content (AvgIpc) is 3.11. The summed E-state index contributed by atoms with van der Waals surface area (Å²) in [5, 5.41) is 0. The van der Waals surface area contributed by atoms with Crippen LogP contribution in [0.5, 0.6) is 0 Å². The molecule has 29 heavy (non-hydrogen) atoms. The molecule has 0 saturated carbocycles. The normalized spacial score (nSPS) is 20.9. The van der Waals surface area contributed by atoms with E-state index in [0.717, 1.165) is 5.56 Å². The molecular formula is C23H26O6. The summed E-state index contributed by atoms with van der Waals surface area (Å²) in [7, 11) is 0. The SMILES string of the molecule is CC(=O)O[C@@H]1COC(COC(=O)c2ccccc2)C1CCOCc1ccccc1. The lowest BCUT2D eigenvalue weighted by Crippen LogP contribution is -2.32. The lowest BCUT2D eigenvalue weighted by molar-refractivity contribution is -0.148. The monoisotopic (exact) mass is 398 g/mol. The minimum absolute atomic E-state index is 0.0988. The van der Waals surface area contributed by atoms with E-state index in [1.807, 2.05) is 36.4 Å². The molecular weight excluding hydrogens is 372 g/mol. The van der Waals surface area contributed by atoms with Gasteiger partial charge in [0.25, 0.3) is 0 Å². The maximum atomic E-state index is 12.2. The van der Waals surface area contributed by atoms with Crippen LogP contribution in [0.15, 0.2) is 60.7 Å². The van der Waals surface area contributed by atoms with E-state index in [-0.39, 0.29) is 37.3 Å². The first-order valence-electron chi connectivity index (χ1n) is 9.76. The van der Waals surface area contributed by atoms with Crippen LogP contribution in [0.2, 0.25) is 0 Å². The highest BCUT2D eigenvalue weighted by Gasteiger charge is 2.39. The number of ether oxygens (including phenoxy) is 4. The summed E-state index contributed by atoms with van der Waals surface area (Å²) < 4.78 is 22.4. The molecule has 0 amide bonds. The molecule has 1 heterocycles. The molecule has 1 fully saturated rings. The highest BCUT2D eigenvalue weighted by atomic mass is 16.6. The number of esters is 2. The molecule has 1 aliphatic heterocycles. The van der Waals surface area contributed by atoms with E-state index < -0.39 is 5.97 Å². The van der Waals surface area contributed by atoms with Crippen molar-refractivity contribution in [2.45, 2.75) is 32.2 Å². The molecule has 6 nitrogen and oxygen atoms in total. The van der Waals surface area contributed by atoms with Gasteiger partial charge in [0.1, 0.15) is 12.7 Å². The second-order valence-corrected chi connectivity index (χ2v) is 6.97. The Balaban J connectivity index is 1.52. The van der Waals surface area contributed by atoms with Crippen LogP contribution in [0.25, 0.3) is 0 Å². The fourth-order valence-corrected chi connectivity index (χ4v) is 3.38. The van der Waals surface area contributed by atoms with Gasteiger partial charge in [-0.15, -0.1) is 0 Å². The van der Waals surface area contributed by atoms with Crippen LogP contribution < -0.4 is 0 Å². The van der Waals surface area contributed by atoms with Gasteiger partial charge < -0.3 is 18.9 Å². The Morgan fingerprint density at radius 2 is 1.72 bits per heavy atom. The lowest BCUT2D eigenvalue weighted by Gasteiger charge is -2.22. The molecule has 154 valence electrons. The zero-order chi connectivity index (χ0) is 20.5. The molecule has 0 spiro atoms. The number of hydrogen-bond acceptors (Lipinski definition) is 6. The summed E-state index contributed by atoms with van der Waals surface area (Å²) in [6.07, 6.45) is -0.0706. The number of benzene rings is 2. The van der Waals surface area contributed by atoms with Crippen molar-refractivity contribution in [2.75, 3.05) is 19.8 Å².